The monoisotopic (exact) mass is 342 g/mol. The quantitative estimate of drug-likeness (QED) is 0.783. The van der Waals surface area contributed by atoms with Crippen molar-refractivity contribution in [3.63, 3.8) is 0 Å². The number of ether oxygens (including phenoxy) is 1. The summed E-state index contributed by atoms with van der Waals surface area (Å²) in [5.74, 6) is -0.147. The summed E-state index contributed by atoms with van der Waals surface area (Å²) in [4.78, 5) is 12.4. The molecule has 0 aliphatic rings. The number of carbonyl (C=O) groups is 1. The van der Waals surface area contributed by atoms with Crippen LogP contribution in [0.2, 0.25) is 5.02 Å². The molecule has 0 spiro atoms. The molecule has 2 rings (SSSR count). The standard InChI is InChI=1S/C13H12BrClN2O2/c1-19-7-6-17-12(11(15)8-16-17)13(18)9-2-4-10(14)5-3-9/h2-5,8H,6-7H2,1H3. The van der Waals surface area contributed by atoms with Crippen molar-refractivity contribution in [2.45, 2.75) is 6.54 Å². The number of benzene rings is 1. The number of methoxy groups -OCH3 is 1. The van der Waals surface area contributed by atoms with Crippen LogP contribution in [0.4, 0.5) is 0 Å². The maximum atomic E-state index is 12.4. The van der Waals surface area contributed by atoms with Gasteiger partial charge in [0.15, 0.2) is 0 Å². The highest BCUT2D eigenvalue weighted by Crippen LogP contribution is 2.20. The highest BCUT2D eigenvalue weighted by molar-refractivity contribution is 9.10. The van der Waals surface area contributed by atoms with Gasteiger partial charge in [-0.3, -0.25) is 9.48 Å². The summed E-state index contributed by atoms with van der Waals surface area (Å²) in [5, 5.41) is 4.44. The molecule has 0 aliphatic heterocycles. The molecule has 6 heteroatoms. The zero-order valence-corrected chi connectivity index (χ0v) is 12.6. The van der Waals surface area contributed by atoms with Gasteiger partial charge in [-0.25, -0.2) is 0 Å². The summed E-state index contributed by atoms with van der Waals surface area (Å²) in [6, 6.07) is 7.13. The smallest absolute Gasteiger partial charge is 0.212 e. The van der Waals surface area contributed by atoms with Crippen LogP contribution < -0.4 is 0 Å². The molecule has 1 aromatic carbocycles. The van der Waals surface area contributed by atoms with Crippen LogP contribution in [0, 0.1) is 0 Å². The molecule has 100 valence electrons. The van der Waals surface area contributed by atoms with Gasteiger partial charge in [-0.15, -0.1) is 0 Å². The van der Waals surface area contributed by atoms with Crippen LogP contribution in [0.3, 0.4) is 0 Å². The molecule has 0 saturated heterocycles. The fraction of sp³-hybridized carbons (Fsp3) is 0.231. The molecular formula is C13H12BrClN2O2. The lowest BCUT2D eigenvalue weighted by molar-refractivity contribution is 0.102. The van der Waals surface area contributed by atoms with Gasteiger partial charge in [0, 0.05) is 17.1 Å². The van der Waals surface area contributed by atoms with Crippen molar-refractivity contribution in [3.8, 4) is 0 Å². The lowest BCUT2D eigenvalue weighted by Gasteiger charge is -2.07. The molecule has 1 aromatic heterocycles. The van der Waals surface area contributed by atoms with Gasteiger partial charge in [0.25, 0.3) is 0 Å². The Hall–Kier alpha value is -1.17. The van der Waals surface area contributed by atoms with E-state index in [2.05, 4.69) is 21.0 Å². The molecule has 0 N–H and O–H groups in total. The Morgan fingerprint density at radius 2 is 2.11 bits per heavy atom. The average molecular weight is 344 g/mol. The van der Waals surface area contributed by atoms with Crippen molar-refractivity contribution < 1.29 is 9.53 Å². The summed E-state index contributed by atoms with van der Waals surface area (Å²) >= 11 is 9.38. The number of hydrogen-bond acceptors (Lipinski definition) is 3. The van der Waals surface area contributed by atoms with Gasteiger partial charge in [-0.05, 0) is 24.3 Å². The normalized spacial score (nSPS) is 10.7. The number of aromatic nitrogens is 2. The molecule has 0 amide bonds. The number of ketones is 1. The van der Waals surface area contributed by atoms with Gasteiger partial charge >= 0.3 is 0 Å². The minimum atomic E-state index is -0.147. The van der Waals surface area contributed by atoms with Crippen LogP contribution in [0.15, 0.2) is 34.9 Å². The Kier molecular flexibility index (Phi) is 4.74. The highest BCUT2D eigenvalue weighted by Gasteiger charge is 2.18. The van der Waals surface area contributed by atoms with Gasteiger partial charge in [0.2, 0.25) is 5.78 Å². The predicted molar refractivity (Wildman–Crippen MR) is 76.7 cm³/mol. The Morgan fingerprint density at radius 1 is 1.42 bits per heavy atom. The zero-order chi connectivity index (χ0) is 13.8. The van der Waals surface area contributed by atoms with Crippen LogP contribution in [0.25, 0.3) is 0 Å². The van der Waals surface area contributed by atoms with Crippen molar-refractivity contribution in [1.82, 2.24) is 9.78 Å². The molecule has 19 heavy (non-hydrogen) atoms. The van der Waals surface area contributed by atoms with Crippen molar-refractivity contribution in [2.24, 2.45) is 0 Å². The van der Waals surface area contributed by atoms with E-state index in [9.17, 15) is 4.79 Å². The Morgan fingerprint density at radius 3 is 2.74 bits per heavy atom. The van der Waals surface area contributed by atoms with E-state index in [1.165, 1.54) is 6.20 Å². The molecule has 0 saturated carbocycles. The number of halogens is 2. The second-order valence-corrected chi connectivity index (χ2v) is 5.22. The molecule has 0 radical (unpaired) electrons. The summed E-state index contributed by atoms with van der Waals surface area (Å²) in [6.45, 7) is 0.958. The second-order valence-electron chi connectivity index (χ2n) is 3.89. The van der Waals surface area contributed by atoms with Crippen molar-refractivity contribution in [2.75, 3.05) is 13.7 Å². The van der Waals surface area contributed by atoms with Crippen LogP contribution >= 0.6 is 27.5 Å². The van der Waals surface area contributed by atoms with Gasteiger partial charge in [-0.1, -0.05) is 27.5 Å². The summed E-state index contributed by atoms with van der Waals surface area (Å²) < 4.78 is 7.47. The van der Waals surface area contributed by atoms with Crippen molar-refractivity contribution in [3.05, 3.63) is 51.2 Å². The minimum absolute atomic E-state index is 0.147. The predicted octanol–water partition coefficient (Wildman–Crippen LogP) is 3.18. The maximum Gasteiger partial charge on any atom is 0.212 e. The number of carbonyl (C=O) groups excluding carboxylic acids is 1. The Bertz CT molecular complexity index is 581. The summed E-state index contributed by atoms with van der Waals surface area (Å²) in [5.41, 5.74) is 0.963. The third-order valence-electron chi connectivity index (χ3n) is 2.62. The summed E-state index contributed by atoms with van der Waals surface area (Å²) in [6.07, 6.45) is 1.48. The fourth-order valence-corrected chi connectivity index (χ4v) is 2.16. The van der Waals surface area contributed by atoms with Crippen LogP contribution in [-0.2, 0) is 11.3 Å². The average Bonchev–Trinajstić information content (AvgIpc) is 2.77. The van der Waals surface area contributed by atoms with Gasteiger partial charge in [0.05, 0.1) is 24.4 Å². The fourth-order valence-electron chi connectivity index (χ4n) is 1.67. The Labute approximate surface area is 124 Å². The number of hydrogen-bond donors (Lipinski definition) is 0. The first-order valence-corrected chi connectivity index (χ1v) is 6.81. The van der Waals surface area contributed by atoms with E-state index in [1.807, 2.05) is 12.1 Å². The lowest BCUT2D eigenvalue weighted by atomic mass is 10.1. The number of rotatable bonds is 5. The first kappa shape index (κ1) is 14.2. The third kappa shape index (κ3) is 3.23. The molecular weight excluding hydrogens is 332 g/mol. The molecule has 0 bridgehead atoms. The first-order chi connectivity index (χ1) is 9.13. The first-order valence-electron chi connectivity index (χ1n) is 5.64. The van der Waals surface area contributed by atoms with E-state index in [0.29, 0.717) is 29.4 Å². The lowest BCUT2D eigenvalue weighted by Crippen LogP contribution is -2.14. The molecule has 0 fully saturated rings. The maximum absolute atomic E-state index is 12.4. The van der Waals surface area contributed by atoms with Crippen molar-refractivity contribution in [1.29, 1.82) is 0 Å². The van der Waals surface area contributed by atoms with Crippen LogP contribution in [0.1, 0.15) is 16.1 Å². The molecule has 4 nitrogen and oxygen atoms in total. The van der Waals surface area contributed by atoms with Crippen LogP contribution in [-0.4, -0.2) is 29.3 Å². The molecule has 0 aliphatic carbocycles. The topological polar surface area (TPSA) is 44.1 Å². The summed E-state index contributed by atoms with van der Waals surface area (Å²) in [7, 11) is 1.60. The third-order valence-corrected chi connectivity index (χ3v) is 3.43. The van der Waals surface area contributed by atoms with E-state index < -0.39 is 0 Å². The SMILES string of the molecule is COCCn1ncc(Cl)c1C(=O)c1ccc(Br)cc1. The molecule has 0 unspecified atom stereocenters. The van der Waals surface area contributed by atoms with Crippen molar-refractivity contribution >= 4 is 33.3 Å². The van der Waals surface area contributed by atoms with Gasteiger partial charge in [0.1, 0.15) is 5.69 Å². The van der Waals surface area contributed by atoms with E-state index in [0.717, 1.165) is 4.47 Å². The van der Waals surface area contributed by atoms with Gasteiger partial charge < -0.3 is 4.74 Å². The van der Waals surface area contributed by atoms with Crippen LogP contribution in [0.5, 0.6) is 0 Å². The van der Waals surface area contributed by atoms with E-state index in [1.54, 1.807) is 23.9 Å². The van der Waals surface area contributed by atoms with Gasteiger partial charge in [-0.2, -0.15) is 5.10 Å². The molecule has 2 aromatic rings. The number of nitrogens with zero attached hydrogens (tertiary/aromatic N) is 2. The second kappa shape index (κ2) is 6.32. The van der Waals surface area contributed by atoms with E-state index >= 15 is 0 Å². The highest BCUT2D eigenvalue weighted by atomic mass is 79.9. The van der Waals surface area contributed by atoms with E-state index in [-0.39, 0.29) is 5.78 Å². The zero-order valence-electron chi connectivity index (χ0n) is 10.3. The largest absolute Gasteiger partial charge is 0.383 e. The molecule has 1 heterocycles. The molecule has 0 atom stereocenters. The van der Waals surface area contributed by atoms with E-state index in [4.69, 9.17) is 16.3 Å². The minimum Gasteiger partial charge on any atom is -0.383 e. The Balaban J connectivity index is 2.32.